The topological polar surface area (TPSA) is 88.9 Å². The second-order valence-electron chi connectivity index (χ2n) is 5.17. The van der Waals surface area contributed by atoms with E-state index < -0.39 is 0 Å². The number of rotatable bonds is 3. The van der Waals surface area contributed by atoms with Crippen LogP contribution in [0.5, 0.6) is 0 Å². The minimum Gasteiger partial charge on any atom is -0.354 e. The second kappa shape index (κ2) is 5.40. The van der Waals surface area contributed by atoms with Crippen molar-refractivity contribution in [3.63, 3.8) is 0 Å². The Hall–Kier alpha value is -2.62. The molecule has 1 unspecified atom stereocenters. The average molecular weight is 284 g/mol. The smallest absolute Gasteiger partial charge is 0.236 e. The molecule has 1 atom stereocenters. The van der Waals surface area contributed by atoms with Crippen LogP contribution in [0.15, 0.2) is 18.6 Å². The van der Waals surface area contributed by atoms with Gasteiger partial charge in [0, 0.05) is 26.3 Å². The van der Waals surface area contributed by atoms with Crippen LogP contribution in [0.1, 0.15) is 12.8 Å². The number of nitrogens with one attached hydrogen (secondary N) is 1. The fourth-order valence-corrected chi connectivity index (χ4v) is 2.76. The van der Waals surface area contributed by atoms with Crippen LogP contribution in [-0.2, 0) is 4.79 Å². The largest absolute Gasteiger partial charge is 0.354 e. The van der Waals surface area contributed by atoms with E-state index >= 15 is 0 Å². The SMILES string of the molecule is CN(C(=O)CC#N)C1CCN(c2ncnc3[nH]ccc23)C1. The molecule has 0 radical (unpaired) electrons. The van der Waals surface area contributed by atoms with Crippen LogP contribution in [0.4, 0.5) is 5.82 Å². The standard InChI is InChI=1S/C14H16N6O/c1-19(12(21)2-5-15)10-4-7-20(8-10)14-11-3-6-16-13(11)17-9-18-14/h3,6,9-10H,2,4,7-8H2,1H3,(H,16,17,18). The number of carbonyl (C=O) groups excluding carboxylic acids is 1. The van der Waals surface area contributed by atoms with E-state index in [1.54, 1.807) is 18.3 Å². The fourth-order valence-electron chi connectivity index (χ4n) is 2.76. The molecular formula is C14H16N6O. The summed E-state index contributed by atoms with van der Waals surface area (Å²) < 4.78 is 0. The average Bonchev–Trinajstić information content (AvgIpc) is 3.15. The van der Waals surface area contributed by atoms with Crippen molar-refractivity contribution >= 4 is 22.8 Å². The lowest BCUT2D eigenvalue weighted by Crippen LogP contribution is -2.38. The molecule has 7 heteroatoms. The molecule has 2 aromatic rings. The summed E-state index contributed by atoms with van der Waals surface area (Å²) in [6, 6.07) is 3.99. The Morgan fingerprint density at radius 3 is 3.29 bits per heavy atom. The van der Waals surface area contributed by atoms with Gasteiger partial charge in [0.15, 0.2) is 0 Å². The zero-order valence-electron chi connectivity index (χ0n) is 11.8. The number of fused-ring (bicyclic) bond motifs is 1. The van der Waals surface area contributed by atoms with Crippen LogP contribution in [0.2, 0.25) is 0 Å². The number of H-pyrrole nitrogens is 1. The monoisotopic (exact) mass is 284 g/mol. The molecule has 0 aromatic carbocycles. The summed E-state index contributed by atoms with van der Waals surface area (Å²) in [6.45, 7) is 1.57. The van der Waals surface area contributed by atoms with Crippen LogP contribution in [0.25, 0.3) is 11.0 Å². The molecule has 1 N–H and O–H groups in total. The number of nitrogens with zero attached hydrogens (tertiary/aromatic N) is 5. The van der Waals surface area contributed by atoms with Crippen molar-refractivity contribution in [2.75, 3.05) is 25.0 Å². The molecule has 108 valence electrons. The molecule has 3 rings (SSSR count). The molecule has 2 aromatic heterocycles. The van der Waals surface area contributed by atoms with Gasteiger partial charge in [-0.3, -0.25) is 4.79 Å². The van der Waals surface area contributed by atoms with Crippen molar-refractivity contribution in [3.8, 4) is 6.07 Å². The number of nitriles is 1. The quantitative estimate of drug-likeness (QED) is 0.905. The Kier molecular flexibility index (Phi) is 3.44. The van der Waals surface area contributed by atoms with Crippen LogP contribution in [-0.4, -0.2) is 51.9 Å². The van der Waals surface area contributed by atoms with Crippen LogP contribution in [0.3, 0.4) is 0 Å². The first kappa shape index (κ1) is 13.4. The summed E-state index contributed by atoms with van der Waals surface area (Å²) >= 11 is 0. The third-order valence-corrected chi connectivity index (χ3v) is 3.97. The van der Waals surface area contributed by atoms with Crippen molar-refractivity contribution < 1.29 is 4.79 Å². The minimum absolute atomic E-state index is 0.0669. The van der Waals surface area contributed by atoms with Gasteiger partial charge in [0.2, 0.25) is 5.91 Å². The highest BCUT2D eigenvalue weighted by molar-refractivity contribution is 5.87. The third kappa shape index (κ3) is 2.40. The lowest BCUT2D eigenvalue weighted by Gasteiger charge is -2.24. The highest BCUT2D eigenvalue weighted by atomic mass is 16.2. The van der Waals surface area contributed by atoms with E-state index in [1.807, 2.05) is 18.3 Å². The normalized spacial score (nSPS) is 17.9. The summed E-state index contributed by atoms with van der Waals surface area (Å²) in [7, 11) is 1.76. The Morgan fingerprint density at radius 1 is 1.62 bits per heavy atom. The number of likely N-dealkylation sites (N-methyl/N-ethyl adjacent to an activating group) is 1. The number of aromatic nitrogens is 3. The van der Waals surface area contributed by atoms with E-state index in [0.717, 1.165) is 36.4 Å². The third-order valence-electron chi connectivity index (χ3n) is 3.97. The van der Waals surface area contributed by atoms with Gasteiger partial charge in [-0.25, -0.2) is 9.97 Å². The number of hydrogen-bond donors (Lipinski definition) is 1. The molecule has 1 fully saturated rings. The number of carbonyl (C=O) groups is 1. The molecule has 0 bridgehead atoms. The maximum absolute atomic E-state index is 11.8. The fraction of sp³-hybridized carbons (Fsp3) is 0.429. The highest BCUT2D eigenvalue weighted by Gasteiger charge is 2.29. The number of hydrogen-bond acceptors (Lipinski definition) is 5. The first-order chi connectivity index (χ1) is 10.2. The van der Waals surface area contributed by atoms with Crippen molar-refractivity contribution in [3.05, 3.63) is 18.6 Å². The lowest BCUT2D eigenvalue weighted by molar-refractivity contribution is -0.130. The summed E-state index contributed by atoms with van der Waals surface area (Å²) in [4.78, 5) is 27.3. The van der Waals surface area contributed by atoms with Gasteiger partial charge in [-0.1, -0.05) is 0 Å². The molecule has 7 nitrogen and oxygen atoms in total. The maximum Gasteiger partial charge on any atom is 0.236 e. The molecule has 21 heavy (non-hydrogen) atoms. The van der Waals surface area contributed by atoms with Crippen molar-refractivity contribution in [2.45, 2.75) is 18.9 Å². The molecule has 1 aliphatic rings. The molecule has 3 heterocycles. The molecular weight excluding hydrogens is 268 g/mol. The number of aromatic amines is 1. The first-order valence-corrected chi connectivity index (χ1v) is 6.86. The number of amides is 1. The minimum atomic E-state index is -0.126. The van der Waals surface area contributed by atoms with Crippen molar-refractivity contribution in [1.82, 2.24) is 19.9 Å². The van der Waals surface area contributed by atoms with E-state index in [-0.39, 0.29) is 18.4 Å². The van der Waals surface area contributed by atoms with Gasteiger partial charge in [-0.15, -0.1) is 0 Å². The zero-order valence-corrected chi connectivity index (χ0v) is 11.8. The predicted octanol–water partition coefficient (Wildman–Crippen LogP) is 0.909. The van der Waals surface area contributed by atoms with Gasteiger partial charge in [0.05, 0.1) is 17.5 Å². The van der Waals surface area contributed by atoms with Gasteiger partial charge in [0.1, 0.15) is 24.2 Å². The van der Waals surface area contributed by atoms with Crippen LogP contribution in [0, 0.1) is 11.3 Å². The van der Waals surface area contributed by atoms with E-state index in [9.17, 15) is 4.79 Å². The molecule has 1 saturated heterocycles. The Labute approximate surface area is 122 Å². The van der Waals surface area contributed by atoms with E-state index in [4.69, 9.17) is 5.26 Å². The highest BCUT2D eigenvalue weighted by Crippen LogP contribution is 2.26. The maximum atomic E-state index is 11.8. The number of anilines is 1. The summed E-state index contributed by atoms with van der Waals surface area (Å²) in [5.74, 6) is 0.767. The Morgan fingerprint density at radius 2 is 2.48 bits per heavy atom. The van der Waals surface area contributed by atoms with Gasteiger partial charge < -0.3 is 14.8 Å². The predicted molar refractivity (Wildman–Crippen MR) is 77.5 cm³/mol. The Balaban J connectivity index is 1.77. The summed E-state index contributed by atoms with van der Waals surface area (Å²) in [5, 5.41) is 9.61. The van der Waals surface area contributed by atoms with Gasteiger partial charge in [-0.05, 0) is 12.5 Å². The molecule has 0 spiro atoms. The van der Waals surface area contributed by atoms with Crippen molar-refractivity contribution in [2.24, 2.45) is 0 Å². The van der Waals surface area contributed by atoms with Crippen LogP contribution >= 0.6 is 0 Å². The van der Waals surface area contributed by atoms with Gasteiger partial charge in [0.25, 0.3) is 0 Å². The summed E-state index contributed by atoms with van der Waals surface area (Å²) in [5.41, 5.74) is 0.817. The molecule has 1 aliphatic heterocycles. The first-order valence-electron chi connectivity index (χ1n) is 6.86. The van der Waals surface area contributed by atoms with Gasteiger partial charge in [-0.2, -0.15) is 5.26 Å². The summed E-state index contributed by atoms with van der Waals surface area (Å²) in [6.07, 6.45) is 4.21. The zero-order chi connectivity index (χ0) is 14.8. The molecule has 0 aliphatic carbocycles. The van der Waals surface area contributed by atoms with Gasteiger partial charge >= 0.3 is 0 Å². The van der Waals surface area contributed by atoms with Crippen LogP contribution < -0.4 is 4.90 Å². The lowest BCUT2D eigenvalue weighted by atomic mass is 10.2. The molecule has 0 saturated carbocycles. The van der Waals surface area contributed by atoms with E-state index in [0.29, 0.717) is 0 Å². The van der Waals surface area contributed by atoms with Crippen molar-refractivity contribution in [1.29, 1.82) is 5.26 Å². The second-order valence-corrected chi connectivity index (χ2v) is 5.17. The van der Waals surface area contributed by atoms with E-state index in [1.165, 1.54) is 0 Å². The van der Waals surface area contributed by atoms with E-state index in [2.05, 4.69) is 19.9 Å². The Bertz CT molecular complexity index is 703. The molecule has 1 amide bonds.